The summed E-state index contributed by atoms with van der Waals surface area (Å²) in [6.45, 7) is 7.96. The van der Waals surface area contributed by atoms with Crippen LogP contribution in [0.15, 0.2) is 35.5 Å². The Hall–Kier alpha value is -2.98. The number of benzene rings is 1. The maximum atomic E-state index is 12.8. The van der Waals surface area contributed by atoms with Crippen molar-refractivity contribution in [3.8, 4) is 0 Å². The Morgan fingerprint density at radius 2 is 2.03 bits per heavy atom. The fraction of sp³-hybridized carbons (Fsp3) is 0.458. The first-order valence-electron chi connectivity index (χ1n) is 11.6. The lowest BCUT2D eigenvalue weighted by Crippen LogP contribution is -2.33. The number of nitrogens with zero attached hydrogens (tertiary/aromatic N) is 6. The molecule has 34 heavy (non-hydrogen) atoms. The fourth-order valence-corrected chi connectivity index (χ4v) is 4.84. The van der Waals surface area contributed by atoms with Gasteiger partial charge in [-0.15, -0.1) is 5.10 Å². The number of aryl methyl sites for hydroxylation is 4. The second-order valence-corrected chi connectivity index (χ2v) is 9.40. The smallest absolute Gasteiger partial charge is 0.233 e. The molecule has 0 saturated heterocycles. The summed E-state index contributed by atoms with van der Waals surface area (Å²) >= 11 is 1.43. The van der Waals surface area contributed by atoms with E-state index in [4.69, 9.17) is 19.8 Å². The molecule has 0 aliphatic heterocycles. The molecule has 9 nitrogen and oxygen atoms in total. The van der Waals surface area contributed by atoms with Crippen LogP contribution in [-0.4, -0.2) is 60.8 Å². The minimum atomic E-state index is -0.276. The van der Waals surface area contributed by atoms with Crippen molar-refractivity contribution in [1.29, 1.82) is 0 Å². The van der Waals surface area contributed by atoms with Crippen LogP contribution in [-0.2, 0) is 22.5 Å². The number of hydrogen-bond donors (Lipinski definition) is 1. The first kappa shape index (κ1) is 24.2. The Bertz CT molecular complexity index is 1280. The molecule has 1 unspecified atom stereocenters. The minimum absolute atomic E-state index is 0.00317. The van der Waals surface area contributed by atoms with Crippen molar-refractivity contribution < 1.29 is 9.53 Å². The maximum Gasteiger partial charge on any atom is 0.233 e. The van der Waals surface area contributed by atoms with Crippen molar-refractivity contribution in [3.05, 3.63) is 47.5 Å². The average molecular weight is 482 g/mol. The van der Waals surface area contributed by atoms with Crippen LogP contribution in [0.3, 0.4) is 0 Å². The molecule has 3 aromatic heterocycles. The van der Waals surface area contributed by atoms with E-state index in [0.29, 0.717) is 37.7 Å². The molecule has 1 N–H and O–H groups in total. The number of methoxy groups -OCH3 is 1. The van der Waals surface area contributed by atoms with Crippen LogP contribution in [0.25, 0.3) is 16.6 Å². The number of ether oxygens (including phenoxy) is 1. The van der Waals surface area contributed by atoms with Gasteiger partial charge in [-0.05, 0) is 44.9 Å². The van der Waals surface area contributed by atoms with E-state index in [1.54, 1.807) is 11.6 Å². The van der Waals surface area contributed by atoms with Gasteiger partial charge in [-0.3, -0.25) is 9.48 Å². The van der Waals surface area contributed by atoms with Gasteiger partial charge in [-0.1, -0.05) is 30.8 Å². The molecule has 0 bridgehead atoms. The molecule has 1 aromatic carbocycles. The van der Waals surface area contributed by atoms with Crippen LogP contribution < -0.4 is 5.32 Å². The lowest BCUT2D eigenvalue weighted by molar-refractivity contribution is -0.120. The van der Waals surface area contributed by atoms with Crippen LogP contribution in [0, 0.1) is 13.8 Å². The molecular formula is C24H31N7O2S. The number of nitrogens with one attached hydrogen (secondary N) is 1. The van der Waals surface area contributed by atoms with Gasteiger partial charge in [0.05, 0.1) is 16.5 Å². The molecule has 4 aromatic rings. The van der Waals surface area contributed by atoms with E-state index in [2.05, 4.69) is 23.4 Å². The molecule has 0 aliphatic rings. The summed E-state index contributed by atoms with van der Waals surface area (Å²) < 4.78 is 8.83. The van der Waals surface area contributed by atoms with E-state index in [1.165, 1.54) is 11.8 Å². The zero-order valence-corrected chi connectivity index (χ0v) is 20.9. The van der Waals surface area contributed by atoms with Crippen molar-refractivity contribution in [1.82, 2.24) is 34.7 Å². The van der Waals surface area contributed by atoms with Crippen LogP contribution in [0.2, 0.25) is 0 Å². The highest BCUT2D eigenvalue weighted by molar-refractivity contribution is 8.00. The van der Waals surface area contributed by atoms with Crippen LogP contribution in [0.1, 0.15) is 37.0 Å². The third-order valence-corrected chi connectivity index (χ3v) is 6.89. The van der Waals surface area contributed by atoms with Crippen LogP contribution in [0.5, 0.6) is 0 Å². The minimum Gasteiger partial charge on any atom is -0.385 e. The molecule has 3 heterocycles. The van der Waals surface area contributed by atoms with E-state index in [-0.39, 0.29) is 11.2 Å². The van der Waals surface area contributed by atoms with Gasteiger partial charge in [-0.2, -0.15) is 9.61 Å². The first-order chi connectivity index (χ1) is 16.5. The second-order valence-electron chi connectivity index (χ2n) is 8.23. The number of aromatic nitrogens is 6. The van der Waals surface area contributed by atoms with Crippen LogP contribution >= 0.6 is 11.8 Å². The zero-order chi connectivity index (χ0) is 24.1. The number of rotatable bonds is 11. The number of carbonyl (C=O) groups is 1. The predicted octanol–water partition coefficient (Wildman–Crippen LogP) is 3.36. The van der Waals surface area contributed by atoms with Gasteiger partial charge in [0.15, 0.2) is 16.6 Å². The molecule has 10 heteroatoms. The Morgan fingerprint density at radius 1 is 1.21 bits per heavy atom. The standard InChI is InChI=1S/C24H31N7O2S/c1-5-20(23(32)25-12-8-14-33-4)34-24-26-19-10-7-6-9-18(19)22-27-21(29-31(22)24)11-13-30-17(3)15-16(2)28-30/h6-7,9-10,15,20H,5,8,11-14H2,1-4H3,(H,25,32). The summed E-state index contributed by atoms with van der Waals surface area (Å²) in [5.41, 5.74) is 3.71. The van der Waals surface area contributed by atoms with Crippen LogP contribution in [0.4, 0.5) is 0 Å². The highest BCUT2D eigenvalue weighted by Gasteiger charge is 2.22. The van der Waals surface area contributed by atoms with Crippen molar-refractivity contribution in [2.24, 2.45) is 0 Å². The van der Waals surface area contributed by atoms with Gasteiger partial charge in [-0.25, -0.2) is 9.97 Å². The number of amides is 1. The quantitative estimate of drug-likeness (QED) is 0.199. The molecule has 0 fully saturated rings. The lowest BCUT2D eigenvalue weighted by Gasteiger charge is -2.15. The highest BCUT2D eigenvalue weighted by Crippen LogP contribution is 2.28. The number of thioether (sulfide) groups is 1. The summed E-state index contributed by atoms with van der Waals surface area (Å²) in [5.74, 6) is 0.723. The number of para-hydroxylation sites is 1. The third kappa shape index (κ3) is 5.39. The highest BCUT2D eigenvalue weighted by atomic mass is 32.2. The average Bonchev–Trinajstić information content (AvgIpc) is 3.41. The van der Waals surface area contributed by atoms with Gasteiger partial charge in [0.1, 0.15) is 0 Å². The third-order valence-electron chi connectivity index (χ3n) is 5.58. The van der Waals surface area contributed by atoms with Crippen molar-refractivity contribution in [2.75, 3.05) is 20.3 Å². The summed E-state index contributed by atoms with van der Waals surface area (Å²) in [7, 11) is 1.66. The fourth-order valence-electron chi connectivity index (χ4n) is 3.85. The lowest BCUT2D eigenvalue weighted by atomic mass is 10.2. The van der Waals surface area contributed by atoms with Gasteiger partial charge < -0.3 is 10.1 Å². The zero-order valence-electron chi connectivity index (χ0n) is 20.1. The summed E-state index contributed by atoms with van der Waals surface area (Å²) in [6.07, 6.45) is 2.11. The van der Waals surface area contributed by atoms with E-state index in [9.17, 15) is 4.79 Å². The van der Waals surface area contributed by atoms with Gasteiger partial charge >= 0.3 is 0 Å². The Morgan fingerprint density at radius 3 is 2.76 bits per heavy atom. The largest absolute Gasteiger partial charge is 0.385 e. The molecular weight excluding hydrogens is 450 g/mol. The van der Waals surface area contributed by atoms with Gasteiger partial charge in [0.2, 0.25) is 5.91 Å². The molecule has 0 spiro atoms. The van der Waals surface area contributed by atoms with Gasteiger partial charge in [0, 0.05) is 44.3 Å². The molecule has 0 radical (unpaired) electrons. The SMILES string of the molecule is CCC(Sc1nc2ccccc2c2nc(CCn3nc(C)cc3C)nn12)C(=O)NCCCOC. The molecule has 1 atom stereocenters. The van der Waals surface area contributed by atoms with E-state index in [0.717, 1.165) is 40.2 Å². The molecule has 0 aliphatic carbocycles. The molecule has 0 saturated carbocycles. The van der Waals surface area contributed by atoms with Crippen molar-refractivity contribution in [3.63, 3.8) is 0 Å². The topological polar surface area (TPSA) is 99.2 Å². The first-order valence-corrected chi connectivity index (χ1v) is 12.5. The predicted molar refractivity (Wildman–Crippen MR) is 133 cm³/mol. The molecule has 1 amide bonds. The Kier molecular flexibility index (Phi) is 7.79. The number of carbonyl (C=O) groups excluding carboxylic acids is 1. The molecule has 180 valence electrons. The summed E-state index contributed by atoms with van der Waals surface area (Å²) in [4.78, 5) is 22.5. The normalized spacial score (nSPS) is 12.5. The summed E-state index contributed by atoms with van der Waals surface area (Å²) in [5, 5.41) is 13.6. The molecule has 4 rings (SSSR count). The number of fused-ring (bicyclic) bond motifs is 3. The van der Waals surface area contributed by atoms with E-state index >= 15 is 0 Å². The summed E-state index contributed by atoms with van der Waals surface area (Å²) in [6, 6.07) is 9.97. The van der Waals surface area contributed by atoms with Crippen molar-refractivity contribution in [2.45, 2.75) is 57.0 Å². The monoisotopic (exact) mass is 481 g/mol. The maximum absolute atomic E-state index is 12.8. The second kappa shape index (κ2) is 11.0. The van der Waals surface area contributed by atoms with Gasteiger partial charge in [0.25, 0.3) is 0 Å². The van der Waals surface area contributed by atoms with E-state index < -0.39 is 0 Å². The Labute approximate surface area is 203 Å². The Balaban J connectivity index is 1.61. The van der Waals surface area contributed by atoms with E-state index in [1.807, 2.05) is 42.8 Å². The number of hydrogen-bond acceptors (Lipinski definition) is 7. The van der Waals surface area contributed by atoms with Crippen molar-refractivity contribution >= 4 is 34.2 Å².